The third-order valence-corrected chi connectivity index (χ3v) is 4.35. The summed E-state index contributed by atoms with van der Waals surface area (Å²) in [7, 11) is 1.65. The number of methoxy groups -OCH3 is 1. The zero-order valence-corrected chi connectivity index (χ0v) is 16.9. The van der Waals surface area contributed by atoms with E-state index in [0.717, 1.165) is 33.7 Å². The highest BCUT2D eigenvalue weighted by atomic mass is 16.5. The van der Waals surface area contributed by atoms with Gasteiger partial charge in [0.15, 0.2) is 5.65 Å². The van der Waals surface area contributed by atoms with Crippen LogP contribution in [0.1, 0.15) is 25.8 Å². The number of hydrogen-bond acceptors (Lipinski definition) is 5. The van der Waals surface area contributed by atoms with Gasteiger partial charge in [-0.25, -0.2) is 9.50 Å². The van der Waals surface area contributed by atoms with Crippen molar-refractivity contribution in [3.8, 4) is 16.9 Å². The van der Waals surface area contributed by atoms with Gasteiger partial charge in [0.1, 0.15) is 5.75 Å². The standard InChI is InChI=1S/C22H25N5O2/c1-4-24-21(28)8-9-23-12-16(2)10-18-14-26-27-15-19(13-25-22(18)27)17-6-5-7-20(11-17)29-3/h5-7,9,11-15H,4,8,10H2,1-3H3,(H,24,28)/b16-12+,23-9?. The van der Waals surface area contributed by atoms with Crippen LogP contribution in [0.15, 0.2) is 59.6 Å². The topological polar surface area (TPSA) is 80.9 Å². The van der Waals surface area contributed by atoms with Crippen LogP contribution in [0.2, 0.25) is 0 Å². The largest absolute Gasteiger partial charge is 0.497 e. The van der Waals surface area contributed by atoms with Crippen LogP contribution in [-0.4, -0.2) is 40.4 Å². The maximum atomic E-state index is 11.4. The van der Waals surface area contributed by atoms with Crippen molar-refractivity contribution in [2.45, 2.75) is 26.7 Å². The first-order chi connectivity index (χ1) is 14.1. The van der Waals surface area contributed by atoms with Crippen molar-refractivity contribution in [2.24, 2.45) is 4.99 Å². The minimum absolute atomic E-state index is 0.0269. The lowest BCUT2D eigenvalue weighted by atomic mass is 10.1. The molecule has 1 amide bonds. The van der Waals surface area contributed by atoms with E-state index < -0.39 is 0 Å². The van der Waals surface area contributed by atoms with Crippen molar-refractivity contribution >= 4 is 17.8 Å². The number of rotatable bonds is 8. The predicted molar refractivity (Wildman–Crippen MR) is 114 cm³/mol. The number of benzene rings is 1. The Morgan fingerprint density at radius 1 is 1.31 bits per heavy atom. The number of hydrogen-bond donors (Lipinski definition) is 1. The van der Waals surface area contributed by atoms with E-state index in [4.69, 9.17) is 4.74 Å². The molecule has 0 aliphatic heterocycles. The lowest BCUT2D eigenvalue weighted by Crippen LogP contribution is -2.22. The Kier molecular flexibility index (Phi) is 6.73. The fourth-order valence-electron chi connectivity index (χ4n) is 2.93. The Hall–Kier alpha value is -3.48. The first-order valence-corrected chi connectivity index (χ1v) is 9.51. The van der Waals surface area contributed by atoms with E-state index in [2.05, 4.69) is 20.4 Å². The van der Waals surface area contributed by atoms with Crippen molar-refractivity contribution in [1.29, 1.82) is 0 Å². The molecule has 3 aromatic rings. The van der Waals surface area contributed by atoms with E-state index >= 15 is 0 Å². The average Bonchev–Trinajstić information content (AvgIpc) is 3.13. The molecule has 0 unspecified atom stereocenters. The highest BCUT2D eigenvalue weighted by molar-refractivity contribution is 5.89. The van der Waals surface area contributed by atoms with Crippen LogP contribution in [0.5, 0.6) is 5.75 Å². The second-order valence-corrected chi connectivity index (χ2v) is 6.65. The summed E-state index contributed by atoms with van der Waals surface area (Å²) in [5.41, 5.74) is 4.89. The summed E-state index contributed by atoms with van der Waals surface area (Å²) in [5.74, 6) is 0.776. The maximum Gasteiger partial charge on any atom is 0.225 e. The number of nitrogens with zero attached hydrogens (tertiary/aromatic N) is 4. The first kappa shape index (κ1) is 20.3. The molecule has 2 aromatic heterocycles. The summed E-state index contributed by atoms with van der Waals surface area (Å²) >= 11 is 0. The number of allylic oxidation sites excluding steroid dienone is 1. The van der Waals surface area contributed by atoms with Gasteiger partial charge in [-0.3, -0.25) is 9.79 Å². The molecule has 7 heteroatoms. The minimum Gasteiger partial charge on any atom is -0.497 e. The molecular weight excluding hydrogens is 366 g/mol. The van der Waals surface area contributed by atoms with Crippen LogP contribution >= 0.6 is 0 Å². The van der Waals surface area contributed by atoms with Crippen molar-refractivity contribution in [3.63, 3.8) is 0 Å². The van der Waals surface area contributed by atoms with Gasteiger partial charge in [0.25, 0.3) is 0 Å². The number of fused-ring (bicyclic) bond motifs is 1. The van der Waals surface area contributed by atoms with E-state index in [-0.39, 0.29) is 12.3 Å². The van der Waals surface area contributed by atoms with Gasteiger partial charge >= 0.3 is 0 Å². The van der Waals surface area contributed by atoms with E-state index in [0.29, 0.717) is 13.0 Å². The SMILES string of the molecule is CCNC(=O)CC=N/C=C(\C)Cc1cnn2cc(-c3cccc(OC)c3)cnc12. The third kappa shape index (κ3) is 5.28. The Morgan fingerprint density at radius 3 is 2.97 bits per heavy atom. The fourth-order valence-corrected chi connectivity index (χ4v) is 2.93. The molecule has 150 valence electrons. The van der Waals surface area contributed by atoms with Gasteiger partial charge in [-0.15, -0.1) is 0 Å². The first-order valence-electron chi connectivity index (χ1n) is 9.51. The molecule has 0 saturated carbocycles. The molecular formula is C22H25N5O2. The summed E-state index contributed by atoms with van der Waals surface area (Å²) in [4.78, 5) is 20.2. The molecule has 0 atom stereocenters. The number of carbonyl (C=O) groups excluding carboxylic acids is 1. The van der Waals surface area contributed by atoms with Gasteiger partial charge in [-0.05, 0) is 31.5 Å². The quantitative estimate of drug-likeness (QED) is 0.597. The minimum atomic E-state index is -0.0269. The third-order valence-electron chi connectivity index (χ3n) is 4.35. The summed E-state index contributed by atoms with van der Waals surface area (Å²) in [6.45, 7) is 4.52. The monoisotopic (exact) mass is 391 g/mol. The van der Waals surface area contributed by atoms with Crippen molar-refractivity contribution in [2.75, 3.05) is 13.7 Å². The van der Waals surface area contributed by atoms with Gasteiger partial charge in [0, 0.05) is 48.9 Å². The zero-order chi connectivity index (χ0) is 20.6. The van der Waals surface area contributed by atoms with E-state index in [1.165, 1.54) is 0 Å². The molecule has 1 N–H and O–H groups in total. The molecule has 0 aliphatic rings. The highest BCUT2D eigenvalue weighted by Crippen LogP contribution is 2.24. The molecule has 29 heavy (non-hydrogen) atoms. The van der Waals surface area contributed by atoms with Crippen LogP contribution in [0.4, 0.5) is 0 Å². The summed E-state index contributed by atoms with van der Waals surface area (Å²) in [6, 6.07) is 7.85. The second-order valence-electron chi connectivity index (χ2n) is 6.65. The van der Waals surface area contributed by atoms with Crippen LogP contribution in [0.25, 0.3) is 16.8 Å². The number of carbonyl (C=O) groups is 1. The summed E-state index contributed by atoms with van der Waals surface area (Å²) in [5, 5.41) is 7.18. The lowest BCUT2D eigenvalue weighted by molar-refractivity contribution is -0.119. The van der Waals surface area contributed by atoms with Gasteiger partial charge in [0.05, 0.1) is 19.7 Å². The normalized spacial score (nSPS) is 11.9. The molecule has 0 fully saturated rings. The number of nitrogens with one attached hydrogen (secondary N) is 1. The van der Waals surface area contributed by atoms with Crippen molar-refractivity contribution in [3.05, 3.63) is 60.2 Å². The smallest absolute Gasteiger partial charge is 0.225 e. The Bertz CT molecular complexity index is 1050. The Balaban J connectivity index is 1.72. The molecule has 1 aromatic carbocycles. The molecule has 3 rings (SSSR count). The maximum absolute atomic E-state index is 11.4. The van der Waals surface area contributed by atoms with Gasteiger partial charge in [-0.1, -0.05) is 17.7 Å². The zero-order valence-electron chi connectivity index (χ0n) is 16.9. The molecule has 0 radical (unpaired) electrons. The van der Waals surface area contributed by atoms with Gasteiger partial charge in [0.2, 0.25) is 5.91 Å². The van der Waals surface area contributed by atoms with Crippen LogP contribution < -0.4 is 10.1 Å². The van der Waals surface area contributed by atoms with E-state index in [1.54, 1.807) is 24.0 Å². The van der Waals surface area contributed by atoms with Crippen LogP contribution in [-0.2, 0) is 11.2 Å². The molecule has 2 heterocycles. The average molecular weight is 391 g/mol. The molecule has 7 nitrogen and oxygen atoms in total. The predicted octanol–water partition coefficient (Wildman–Crippen LogP) is 3.45. The number of aromatic nitrogens is 3. The van der Waals surface area contributed by atoms with E-state index in [9.17, 15) is 4.79 Å². The number of amides is 1. The van der Waals surface area contributed by atoms with Crippen LogP contribution in [0, 0.1) is 0 Å². The van der Waals surface area contributed by atoms with Gasteiger partial charge in [-0.2, -0.15) is 5.10 Å². The fraction of sp³-hybridized carbons (Fsp3) is 0.273. The molecule has 0 aliphatic carbocycles. The van der Waals surface area contributed by atoms with Crippen LogP contribution in [0.3, 0.4) is 0 Å². The van der Waals surface area contributed by atoms with Gasteiger partial charge < -0.3 is 10.1 Å². The van der Waals surface area contributed by atoms with Crippen molar-refractivity contribution < 1.29 is 9.53 Å². The number of ether oxygens (including phenoxy) is 1. The highest BCUT2D eigenvalue weighted by Gasteiger charge is 2.08. The summed E-state index contributed by atoms with van der Waals surface area (Å²) in [6.07, 6.45) is 9.99. The Labute approximate surface area is 170 Å². The molecule has 0 spiro atoms. The number of aliphatic imine (C=N–C) groups is 1. The Morgan fingerprint density at radius 2 is 2.17 bits per heavy atom. The lowest BCUT2D eigenvalue weighted by Gasteiger charge is -2.05. The van der Waals surface area contributed by atoms with E-state index in [1.807, 2.05) is 56.7 Å². The molecule has 0 bridgehead atoms. The second kappa shape index (κ2) is 9.64. The van der Waals surface area contributed by atoms with Crippen molar-refractivity contribution in [1.82, 2.24) is 19.9 Å². The molecule has 0 saturated heterocycles. The summed E-state index contributed by atoms with van der Waals surface area (Å²) < 4.78 is 7.08.